The Morgan fingerprint density at radius 3 is 2.38 bits per heavy atom. The number of ether oxygens (including phenoxy) is 3. The number of hydrogen-bond acceptors (Lipinski definition) is 7. The summed E-state index contributed by atoms with van der Waals surface area (Å²) in [6.07, 6.45) is 0.790. The summed E-state index contributed by atoms with van der Waals surface area (Å²) >= 11 is 7.06. The van der Waals surface area contributed by atoms with Gasteiger partial charge in [-0.3, -0.25) is 4.79 Å². The fourth-order valence-electron chi connectivity index (χ4n) is 4.45. The molecule has 0 amide bonds. The largest absolute Gasteiger partial charge is 0.494 e. The molecule has 10 heteroatoms. The van der Waals surface area contributed by atoms with Gasteiger partial charge in [-0.05, 0) is 119 Å². The number of benzene rings is 3. The predicted octanol–water partition coefficient (Wildman–Crippen LogP) is 7.63. The zero-order valence-electron chi connectivity index (χ0n) is 24.4. The lowest BCUT2D eigenvalue weighted by molar-refractivity contribution is -0.150. The van der Waals surface area contributed by atoms with Crippen molar-refractivity contribution in [3.8, 4) is 22.9 Å². The highest BCUT2D eigenvalue weighted by atomic mass is 79.9. The summed E-state index contributed by atoms with van der Waals surface area (Å²) in [5, 5.41) is 5.09. The van der Waals surface area contributed by atoms with Gasteiger partial charge in [0, 0.05) is 5.56 Å². The number of rotatable bonds is 10. The Balaban J connectivity index is 1.83. The van der Waals surface area contributed by atoms with Crippen LogP contribution in [0.3, 0.4) is 0 Å². The van der Waals surface area contributed by atoms with E-state index < -0.39 is 12.1 Å². The molecule has 1 atom stereocenters. The number of carbonyl (C=O) groups is 1. The van der Waals surface area contributed by atoms with Gasteiger partial charge in [-0.1, -0.05) is 26.0 Å². The number of nitrogens with zero attached hydrogens (tertiary/aromatic N) is 3. The maximum Gasteiger partial charge on any atom is 0.347 e. The molecule has 3 aromatic carbocycles. The van der Waals surface area contributed by atoms with Gasteiger partial charge in [-0.25, -0.2) is 9.78 Å². The molecule has 0 spiro atoms. The summed E-state index contributed by atoms with van der Waals surface area (Å²) in [6.45, 7) is 12.3. The first-order valence-electron chi connectivity index (χ1n) is 13.7. The van der Waals surface area contributed by atoms with E-state index in [1.165, 1.54) is 4.68 Å². The van der Waals surface area contributed by atoms with Crippen molar-refractivity contribution in [2.24, 2.45) is 5.10 Å². The maximum atomic E-state index is 13.8. The van der Waals surface area contributed by atoms with Crippen LogP contribution >= 0.6 is 31.9 Å². The molecule has 0 aliphatic carbocycles. The number of carbonyl (C=O) groups excluding carboxylic acids is 1. The first-order chi connectivity index (χ1) is 20.0. The first-order valence-corrected chi connectivity index (χ1v) is 15.3. The summed E-state index contributed by atoms with van der Waals surface area (Å²) in [7, 11) is 0. The molecule has 4 aromatic rings. The normalized spacial score (nSPS) is 12.2. The zero-order chi connectivity index (χ0) is 30.6. The standard InChI is InChI=1S/C32H33Br2N3O5/c1-7-40-28-13-19(5)24(16-23(28)18(3)4)30-36-27-12-10-9-11-22(27)31(38)37(30)35-17-21-14-25(33)29(26(34)15-21)42-20(6)32(39)41-8-2/h9-18,20H,7-8H2,1-6H3/t20-/m0/s1. The Bertz CT molecular complexity index is 1690. The lowest BCUT2D eigenvalue weighted by atomic mass is 9.96. The lowest BCUT2D eigenvalue weighted by Gasteiger charge is -2.18. The summed E-state index contributed by atoms with van der Waals surface area (Å²) in [5.74, 6) is 1.43. The first kappa shape index (κ1) is 31.4. The Hall–Kier alpha value is -3.50. The SMILES string of the molecule is CCOC(=O)[C@H](C)Oc1c(Br)cc(C=Nn2c(-c3cc(C(C)C)c(OCC)cc3C)nc3ccccc3c2=O)cc1Br. The molecule has 220 valence electrons. The number of hydrogen-bond donors (Lipinski definition) is 0. The summed E-state index contributed by atoms with van der Waals surface area (Å²) in [4.78, 5) is 30.7. The van der Waals surface area contributed by atoms with Crippen molar-refractivity contribution >= 4 is 54.9 Å². The van der Waals surface area contributed by atoms with E-state index in [2.05, 4.69) is 50.8 Å². The molecule has 4 rings (SSSR count). The van der Waals surface area contributed by atoms with Crippen molar-refractivity contribution in [2.75, 3.05) is 13.2 Å². The molecular weight excluding hydrogens is 666 g/mol. The van der Waals surface area contributed by atoms with Gasteiger partial charge in [0.25, 0.3) is 5.56 Å². The molecule has 0 bridgehead atoms. The van der Waals surface area contributed by atoms with Gasteiger partial charge < -0.3 is 14.2 Å². The van der Waals surface area contributed by atoms with Gasteiger partial charge in [0.2, 0.25) is 0 Å². The van der Waals surface area contributed by atoms with Crippen LogP contribution in [0, 0.1) is 6.92 Å². The fourth-order valence-corrected chi connectivity index (χ4v) is 5.86. The molecule has 42 heavy (non-hydrogen) atoms. The van der Waals surface area contributed by atoms with Crippen LogP contribution < -0.4 is 15.0 Å². The highest BCUT2D eigenvalue weighted by molar-refractivity contribution is 9.11. The number of halogens is 2. The molecule has 1 heterocycles. The van der Waals surface area contributed by atoms with Gasteiger partial charge in [0.05, 0.1) is 39.3 Å². The van der Waals surface area contributed by atoms with Crippen LogP contribution in [0.25, 0.3) is 22.3 Å². The van der Waals surface area contributed by atoms with Crippen molar-refractivity contribution in [1.82, 2.24) is 9.66 Å². The van der Waals surface area contributed by atoms with Crippen LogP contribution in [0.15, 0.2) is 67.4 Å². The molecule has 0 saturated heterocycles. The minimum absolute atomic E-state index is 0.192. The van der Waals surface area contributed by atoms with Gasteiger partial charge in [0.1, 0.15) is 11.5 Å². The minimum Gasteiger partial charge on any atom is -0.494 e. The van der Waals surface area contributed by atoms with E-state index in [0.717, 1.165) is 22.4 Å². The maximum absolute atomic E-state index is 13.8. The molecule has 8 nitrogen and oxygen atoms in total. The molecule has 0 N–H and O–H groups in total. The second kappa shape index (κ2) is 13.6. The van der Waals surface area contributed by atoms with Crippen molar-refractivity contribution in [2.45, 2.75) is 53.6 Å². The number of esters is 1. The molecule has 0 aliphatic heterocycles. The fraction of sp³-hybridized carbons (Fsp3) is 0.312. The number of aryl methyl sites for hydroxylation is 1. The van der Waals surface area contributed by atoms with Gasteiger partial charge in [-0.15, -0.1) is 0 Å². The van der Waals surface area contributed by atoms with E-state index in [9.17, 15) is 9.59 Å². The zero-order valence-corrected chi connectivity index (χ0v) is 27.6. The lowest BCUT2D eigenvalue weighted by Crippen LogP contribution is -2.26. The van der Waals surface area contributed by atoms with Gasteiger partial charge in [-0.2, -0.15) is 9.78 Å². The Morgan fingerprint density at radius 2 is 1.74 bits per heavy atom. The Morgan fingerprint density at radius 1 is 1.05 bits per heavy atom. The Labute approximate surface area is 262 Å². The van der Waals surface area contributed by atoms with Crippen LogP contribution in [-0.4, -0.2) is 41.2 Å². The molecular formula is C32H33Br2N3O5. The summed E-state index contributed by atoms with van der Waals surface area (Å²) < 4.78 is 19.3. The smallest absolute Gasteiger partial charge is 0.347 e. The van der Waals surface area contributed by atoms with Gasteiger partial charge >= 0.3 is 5.97 Å². The van der Waals surface area contributed by atoms with Crippen molar-refractivity contribution in [1.29, 1.82) is 0 Å². The molecule has 0 radical (unpaired) electrons. The molecule has 0 aliphatic rings. The topological polar surface area (TPSA) is 92.0 Å². The van der Waals surface area contributed by atoms with Crippen LogP contribution in [0.4, 0.5) is 0 Å². The number of fused-ring (bicyclic) bond motifs is 1. The summed E-state index contributed by atoms with van der Waals surface area (Å²) in [6, 6.07) is 14.9. The highest BCUT2D eigenvalue weighted by Gasteiger charge is 2.21. The second-order valence-corrected chi connectivity index (χ2v) is 11.6. The van der Waals surface area contributed by atoms with E-state index in [1.807, 2.05) is 44.2 Å². The second-order valence-electron chi connectivity index (χ2n) is 9.93. The Kier molecular flexibility index (Phi) is 10.2. The van der Waals surface area contributed by atoms with Crippen LogP contribution in [0.2, 0.25) is 0 Å². The third kappa shape index (κ3) is 6.76. The highest BCUT2D eigenvalue weighted by Crippen LogP contribution is 2.36. The average Bonchev–Trinajstić information content (AvgIpc) is 2.94. The summed E-state index contributed by atoms with van der Waals surface area (Å²) in [5.41, 5.74) is 3.72. The van der Waals surface area contributed by atoms with Crippen molar-refractivity contribution in [3.05, 3.63) is 84.5 Å². The molecule has 0 unspecified atom stereocenters. The number of para-hydroxylation sites is 1. The third-order valence-electron chi connectivity index (χ3n) is 6.53. The molecule has 0 saturated carbocycles. The van der Waals surface area contributed by atoms with E-state index >= 15 is 0 Å². The van der Waals surface area contributed by atoms with E-state index in [1.54, 1.807) is 38.3 Å². The van der Waals surface area contributed by atoms with Crippen molar-refractivity contribution in [3.63, 3.8) is 0 Å². The van der Waals surface area contributed by atoms with Crippen molar-refractivity contribution < 1.29 is 19.0 Å². The van der Waals surface area contributed by atoms with Crippen LogP contribution in [-0.2, 0) is 9.53 Å². The van der Waals surface area contributed by atoms with Crippen LogP contribution in [0.1, 0.15) is 57.2 Å². The molecule has 1 aromatic heterocycles. The quantitative estimate of drug-likeness (QED) is 0.125. The van der Waals surface area contributed by atoms with E-state index in [0.29, 0.717) is 43.6 Å². The van der Waals surface area contributed by atoms with Gasteiger partial charge in [0.15, 0.2) is 11.9 Å². The van der Waals surface area contributed by atoms with Crippen LogP contribution in [0.5, 0.6) is 11.5 Å². The minimum atomic E-state index is -0.796. The van der Waals surface area contributed by atoms with E-state index in [-0.39, 0.29) is 18.1 Å². The average molecular weight is 699 g/mol. The predicted molar refractivity (Wildman–Crippen MR) is 173 cm³/mol. The third-order valence-corrected chi connectivity index (χ3v) is 7.71. The number of aromatic nitrogens is 2. The monoisotopic (exact) mass is 697 g/mol. The van der Waals surface area contributed by atoms with E-state index in [4.69, 9.17) is 19.2 Å². The molecule has 0 fully saturated rings.